The van der Waals surface area contributed by atoms with Gasteiger partial charge in [0.15, 0.2) is 11.5 Å². The maximum Gasteiger partial charge on any atom is 0.255 e. The van der Waals surface area contributed by atoms with Crippen molar-refractivity contribution in [3.63, 3.8) is 0 Å². The van der Waals surface area contributed by atoms with E-state index in [-0.39, 0.29) is 17.5 Å². The summed E-state index contributed by atoms with van der Waals surface area (Å²) >= 11 is 4.49. The number of ether oxygens (including phenoxy) is 2. The molecule has 0 bridgehead atoms. The number of rotatable bonds is 8. The molecule has 1 unspecified atom stereocenters. The Kier molecular flexibility index (Phi) is 8.35. The van der Waals surface area contributed by atoms with Gasteiger partial charge in [-0.25, -0.2) is 4.39 Å². The predicted molar refractivity (Wildman–Crippen MR) is 132 cm³/mol. The van der Waals surface area contributed by atoms with E-state index in [0.717, 1.165) is 4.90 Å². The maximum absolute atomic E-state index is 14.0. The minimum absolute atomic E-state index is 0.117. The van der Waals surface area contributed by atoms with Crippen molar-refractivity contribution in [2.24, 2.45) is 0 Å². The van der Waals surface area contributed by atoms with Gasteiger partial charge in [0.25, 0.3) is 5.91 Å². The Balaban J connectivity index is 1.65. The second kappa shape index (κ2) is 11.2. The average Bonchev–Trinajstić information content (AvgIpc) is 2.80. The maximum atomic E-state index is 14.0. The monoisotopic (exact) mass is 532 g/mol. The highest BCUT2D eigenvalue weighted by Gasteiger charge is 2.17. The summed E-state index contributed by atoms with van der Waals surface area (Å²) in [6.07, 6.45) is 0. The molecule has 0 aliphatic heterocycles. The van der Waals surface area contributed by atoms with Crippen LogP contribution in [-0.4, -0.2) is 31.3 Å². The summed E-state index contributed by atoms with van der Waals surface area (Å²) in [6.45, 7) is 1.73. The molecule has 3 rings (SSSR count). The smallest absolute Gasteiger partial charge is 0.255 e. The zero-order chi connectivity index (χ0) is 24.0. The van der Waals surface area contributed by atoms with Crippen molar-refractivity contribution in [1.29, 1.82) is 0 Å². The van der Waals surface area contributed by atoms with E-state index in [1.54, 1.807) is 49.4 Å². The second-order valence-corrected chi connectivity index (χ2v) is 9.26. The number of thioether (sulfide) groups is 1. The van der Waals surface area contributed by atoms with Crippen LogP contribution in [0.5, 0.6) is 11.5 Å². The van der Waals surface area contributed by atoms with Gasteiger partial charge in [-0.05, 0) is 61.5 Å². The lowest BCUT2D eigenvalue weighted by Gasteiger charge is -2.14. The molecule has 9 heteroatoms. The molecular formula is C24H22BrFN2O4S. The molecule has 33 heavy (non-hydrogen) atoms. The van der Waals surface area contributed by atoms with Crippen LogP contribution in [0.25, 0.3) is 0 Å². The van der Waals surface area contributed by atoms with E-state index in [9.17, 15) is 14.0 Å². The number of carbonyl (C=O) groups excluding carboxylic acids is 2. The first-order valence-corrected chi connectivity index (χ1v) is 11.5. The number of nitrogens with one attached hydrogen (secondary N) is 2. The van der Waals surface area contributed by atoms with Crippen molar-refractivity contribution < 1.29 is 23.5 Å². The first-order valence-electron chi connectivity index (χ1n) is 9.86. The zero-order valence-electron chi connectivity index (χ0n) is 18.1. The van der Waals surface area contributed by atoms with Gasteiger partial charge in [0, 0.05) is 20.6 Å². The van der Waals surface area contributed by atoms with Gasteiger partial charge in [-0.1, -0.05) is 22.0 Å². The Morgan fingerprint density at radius 1 is 0.970 bits per heavy atom. The molecule has 0 aliphatic carbocycles. The fourth-order valence-electron chi connectivity index (χ4n) is 2.91. The van der Waals surface area contributed by atoms with Gasteiger partial charge in [-0.2, -0.15) is 0 Å². The lowest BCUT2D eigenvalue weighted by Crippen LogP contribution is -2.23. The second-order valence-electron chi connectivity index (χ2n) is 6.93. The minimum Gasteiger partial charge on any atom is -0.493 e. The number of carbonyl (C=O) groups is 2. The Labute approximate surface area is 204 Å². The molecule has 3 aromatic carbocycles. The van der Waals surface area contributed by atoms with Crippen molar-refractivity contribution in [2.45, 2.75) is 17.1 Å². The van der Waals surface area contributed by atoms with Gasteiger partial charge < -0.3 is 20.1 Å². The molecule has 0 saturated carbocycles. The SMILES string of the molecule is COc1ccc(C(=O)Nc2cccc(SC(C)C(=O)Nc3ccc(Br)cc3F)c2)cc1OC. The molecule has 2 amide bonds. The fourth-order valence-corrected chi connectivity index (χ4v) is 4.17. The Hall–Kier alpha value is -3.04. The third-order valence-corrected chi connectivity index (χ3v) is 6.20. The molecule has 0 spiro atoms. The van der Waals surface area contributed by atoms with Crippen LogP contribution in [0.2, 0.25) is 0 Å². The zero-order valence-corrected chi connectivity index (χ0v) is 20.6. The number of methoxy groups -OCH3 is 2. The molecule has 0 heterocycles. The molecule has 3 aromatic rings. The Morgan fingerprint density at radius 2 is 1.73 bits per heavy atom. The van der Waals surface area contributed by atoms with E-state index in [1.165, 1.54) is 38.1 Å². The predicted octanol–water partition coefficient (Wildman–Crippen LogP) is 5.98. The summed E-state index contributed by atoms with van der Waals surface area (Å²) in [6, 6.07) is 16.5. The van der Waals surface area contributed by atoms with Gasteiger partial charge in [0.05, 0.1) is 25.2 Å². The number of hydrogen-bond acceptors (Lipinski definition) is 5. The summed E-state index contributed by atoms with van der Waals surface area (Å²) in [7, 11) is 3.03. The molecule has 1 atom stereocenters. The average molecular weight is 533 g/mol. The summed E-state index contributed by atoms with van der Waals surface area (Å²) in [5, 5.41) is 4.94. The first kappa shape index (κ1) is 24.6. The van der Waals surface area contributed by atoms with E-state index in [2.05, 4.69) is 26.6 Å². The Bertz CT molecular complexity index is 1170. The third kappa shape index (κ3) is 6.49. The van der Waals surface area contributed by atoms with Gasteiger partial charge in [-0.15, -0.1) is 11.8 Å². The molecular weight excluding hydrogens is 511 g/mol. The first-order chi connectivity index (χ1) is 15.8. The van der Waals surface area contributed by atoms with Crippen LogP contribution in [0.15, 0.2) is 70.0 Å². The summed E-state index contributed by atoms with van der Waals surface area (Å²) in [5.41, 5.74) is 1.10. The molecule has 2 N–H and O–H groups in total. The summed E-state index contributed by atoms with van der Waals surface area (Å²) in [4.78, 5) is 26.0. The molecule has 0 saturated heterocycles. The fraction of sp³-hybridized carbons (Fsp3) is 0.167. The third-order valence-electron chi connectivity index (χ3n) is 4.61. The van der Waals surface area contributed by atoms with Gasteiger partial charge in [0.2, 0.25) is 5.91 Å². The highest BCUT2D eigenvalue weighted by atomic mass is 79.9. The van der Waals surface area contributed by atoms with Crippen molar-refractivity contribution in [3.05, 3.63) is 76.5 Å². The lowest BCUT2D eigenvalue weighted by atomic mass is 10.2. The van der Waals surface area contributed by atoms with Gasteiger partial charge in [0.1, 0.15) is 5.82 Å². The van der Waals surface area contributed by atoms with Gasteiger partial charge >= 0.3 is 0 Å². The van der Waals surface area contributed by atoms with E-state index in [4.69, 9.17) is 9.47 Å². The molecule has 0 radical (unpaired) electrons. The molecule has 0 fully saturated rings. The van der Waals surface area contributed by atoms with Crippen molar-refractivity contribution >= 4 is 50.9 Å². The quantitative estimate of drug-likeness (QED) is 0.349. The molecule has 0 aromatic heterocycles. The van der Waals surface area contributed by atoms with Crippen molar-refractivity contribution in [1.82, 2.24) is 0 Å². The van der Waals surface area contributed by atoms with Crippen molar-refractivity contribution in [2.75, 3.05) is 24.9 Å². The lowest BCUT2D eigenvalue weighted by molar-refractivity contribution is -0.115. The van der Waals surface area contributed by atoms with Crippen LogP contribution in [0.4, 0.5) is 15.8 Å². The van der Waals surface area contributed by atoms with E-state index >= 15 is 0 Å². The number of amides is 2. The largest absolute Gasteiger partial charge is 0.493 e. The van der Waals surface area contributed by atoms with E-state index in [0.29, 0.717) is 27.2 Å². The molecule has 172 valence electrons. The summed E-state index contributed by atoms with van der Waals surface area (Å²) in [5.74, 6) is -0.176. The molecule has 6 nitrogen and oxygen atoms in total. The highest BCUT2D eigenvalue weighted by Crippen LogP contribution is 2.29. The van der Waals surface area contributed by atoms with Crippen LogP contribution in [0, 0.1) is 5.82 Å². The highest BCUT2D eigenvalue weighted by molar-refractivity contribution is 9.10. The van der Waals surface area contributed by atoms with E-state index in [1.807, 2.05) is 6.07 Å². The summed E-state index contributed by atoms with van der Waals surface area (Å²) < 4.78 is 25.0. The van der Waals surface area contributed by atoms with Crippen molar-refractivity contribution in [3.8, 4) is 11.5 Å². The van der Waals surface area contributed by atoms with Crippen LogP contribution in [-0.2, 0) is 4.79 Å². The standard InChI is InChI=1S/C24H22BrFN2O4S/c1-14(23(29)28-20-9-8-16(25)12-19(20)26)33-18-6-4-5-17(13-18)27-24(30)15-7-10-21(31-2)22(11-15)32-3/h4-14H,1-3H3,(H,27,30)(H,28,29). The van der Waals surface area contributed by atoms with Crippen LogP contribution in [0.1, 0.15) is 17.3 Å². The van der Waals surface area contributed by atoms with Crippen LogP contribution in [0.3, 0.4) is 0 Å². The topological polar surface area (TPSA) is 76.7 Å². The van der Waals surface area contributed by atoms with Gasteiger partial charge in [-0.3, -0.25) is 9.59 Å². The molecule has 0 aliphatic rings. The van der Waals surface area contributed by atoms with Crippen LogP contribution >= 0.6 is 27.7 Å². The van der Waals surface area contributed by atoms with E-state index < -0.39 is 11.1 Å². The minimum atomic E-state index is -0.519. The number of hydrogen-bond donors (Lipinski definition) is 2. The number of halogens is 2. The normalized spacial score (nSPS) is 11.4. The van der Waals surface area contributed by atoms with Crippen LogP contribution < -0.4 is 20.1 Å². The number of benzene rings is 3. The Morgan fingerprint density at radius 3 is 2.42 bits per heavy atom. The number of anilines is 2.